The van der Waals surface area contributed by atoms with E-state index < -0.39 is 0 Å². The number of amides is 1. The van der Waals surface area contributed by atoms with E-state index in [4.69, 9.17) is 0 Å². The van der Waals surface area contributed by atoms with E-state index in [1.165, 1.54) is 12.5 Å². The monoisotopic (exact) mass is 235 g/mol. The normalized spacial score (nSPS) is 16.8. The van der Waals surface area contributed by atoms with Crippen LogP contribution in [0.2, 0.25) is 0 Å². The highest BCUT2D eigenvalue weighted by Crippen LogP contribution is 2.17. The molecule has 0 aromatic carbocycles. The SMILES string of the molecule is Cc1nc(C(=O)NC2CCCCC2)cc(=O)[nH]1. The Kier molecular flexibility index (Phi) is 3.56. The van der Waals surface area contributed by atoms with Gasteiger partial charge in [0, 0.05) is 12.1 Å². The van der Waals surface area contributed by atoms with Crippen molar-refractivity contribution in [3.8, 4) is 0 Å². The minimum absolute atomic E-state index is 0.205. The van der Waals surface area contributed by atoms with Crippen molar-refractivity contribution in [1.82, 2.24) is 15.3 Å². The van der Waals surface area contributed by atoms with Crippen molar-refractivity contribution >= 4 is 5.91 Å². The molecule has 0 radical (unpaired) electrons. The van der Waals surface area contributed by atoms with Crippen LogP contribution in [0.15, 0.2) is 10.9 Å². The third kappa shape index (κ3) is 3.15. The number of carbonyl (C=O) groups is 1. The molecule has 0 atom stereocenters. The van der Waals surface area contributed by atoms with Crippen molar-refractivity contribution in [3.05, 3.63) is 27.9 Å². The number of hydrogen-bond donors (Lipinski definition) is 2. The molecule has 92 valence electrons. The second-order valence-electron chi connectivity index (χ2n) is 4.52. The van der Waals surface area contributed by atoms with Gasteiger partial charge in [0.15, 0.2) is 0 Å². The summed E-state index contributed by atoms with van der Waals surface area (Å²) in [6.45, 7) is 1.67. The molecule has 1 aliphatic carbocycles. The first kappa shape index (κ1) is 11.8. The Bertz CT molecular complexity index is 461. The summed E-state index contributed by atoms with van der Waals surface area (Å²) < 4.78 is 0. The van der Waals surface area contributed by atoms with Crippen LogP contribution in [0, 0.1) is 6.92 Å². The van der Waals surface area contributed by atoms with Crippen LogP contribution in [0.25, 0.3) is 0 Å². The van der Waals surface area contributed by atoms with E-state index in [0.717, 1.165) is 25.7 Å². The standard InChI is InChI=1S/C12H17N3O2/c1-8-13-10(7-11(16)14-8)12(17)15-9-5-3-2-4-6-9/h7,9H,2-6H2,1H3,(H,15,17)(H,13,14,16). The first-order valence-electron chi connectivity index (χ1n) is 6.04. The zero-order chi connectivity index (χ0) is 12.3. The molecule has 17 heavy (non-hydrogen) atoms. The topological polar surface area (TPSA) is 74.8 Å². The maximum Gasteiger partial charge on any atom is 0.270 e. The molecule has 1 fully saturated rings. The maximum absolute atomic E-state index is 11.9. The molecule has 0 unspecified atom stereocenters. The fourth-order valence-electron chi connectivity index (χ4n) is 2.20. The summed E-state index contributed by atoms with van der Waals surface area (Å²) in [6.07, 6.45) is 5.61. The van der Waals surface area contributed by atoms with Crippen LogP contribution in [0.1, 0.15) is 48.4 Å². The largest absolute Gasteiger partial charge is 0.348 e. The minimum atomic E-state index is -0.286. The third-order valence-electron chi connectivity index (χ3n) is 3.03. The molecule has 1 aliphatic rings. The number of carbonyl (C=O) groups excluding carboxylic acids is 1. The number of nitrogens with one attached hydrogen (secondary N) is 2. The quantitative estimate of drug-likeness (QED) is 0.807. The molecular weight excluding hydrogens is 218 g/mol. The van der Waals surface area contributed by atoms with Gasteiger partial charge >= 0.3 is 0 Å². The Morgan fingerprint density at radius 3 is 2.76 bits per heavy atom. The maximum atomic E-state index is 11.9. The molecular formula is C12H17N3O2. The number of aromatic amines is 1. The second-order valence-corrected chi connectivity index (χ2v) is 4.52. The van der Waals surface area contributed by atoms with Gasteiger partial charge < -0.3 is 10.3 Å². The van der Waals surface area contributed by atoms with Gasteiger partial charge in [0.2, 0.25) is 0 Å². The number of aromatic nitrogens is 2. The zero-order valence-corrected chi connectivity index (χ0v) is 9.95. The molecule has 0 aliphatic heterocycles. The van der Waals surface area contributed by atoms with E-state index in [1.54, 1.807) is 6.92 Å². The molecule has 1 aromatic rings. The van der Waals surface area contributed by atoms with E-state index in [-0.39, 0.29) is 23.2 Å². The number of nitrogens with zero attached hydrogens (tertiary/aromatic N) is 1. The van der Waals surface area contributed by atoms with Crippen molar-refractivity contribution < 1.29 is 4.79 Å². The van der Waals surface area contributed by atoms with Crippen LogP contribution < -0.4 is 10.9 Å². The lowest BCUT2D eigenvalue weighted by atomic mass is 9.95. The summed E-state index contributed by atoms with van der Waals surface area (Å²) in [6, 6.07) is 1.48. The summed E-state index contributed by atoms with van der Waals surface area (Å²) in [5.74, 6) is 0.220. The van der Waals surface area contributed by atoms with Crippen LogP contribution in [-0.4, -0.2) is 21.9 Å². The average Bonchev–Trinajstić information content (AvgIpc) is 2.29. The number of aryl methyl sites for hydroxylation is 1. The lowest BCUT2D eigenvalue weighted by Crippen LogP contribution is -2.37. The molecule has 0 bridgehead atoms. The average molecular weight is 235 g/mol. The number of rotatable bonds is 2. The molecule has 5 nitrogen and oxygen atoms in total. The van der Waals surface area contributed by atoms with Crippen molar-refractivity contribution in [1.29, 1.82) is 0 Å². The van der Waals surface area contributed by atoms with Gasteiger partial charge in [0.25, 0.3) is 11.5 Å². The van der Waals surface area contributed by atoms with Crippen LogP contribution in [0.3, 0.4) is 0 Å². The van der Waals surface area contributed by atoms with Crippen molar-refractivity contribution in [2.45, 2.75) is 45.1 Å². The molecule has 1 saturated carbocycles. The first-order valence-corrected chi connectivity index (χ1v) is 6.04. The molecule has 2 N–H and O–H groups in total. The Morgan fingerprint density at radius 1 is 1.41 bits per heavy atom. The summed E-state index contributed by atoms with van der Waals surface area (Å²) in [7, 11) is 0. The first-order chi connectivity index (χ1) is 8.15. The van der Waals surface area contributed by atoms with Crippen LogP contribution >= 0.6 is 0 Å². The van der Waals surface area contributed by atoms with Gasteiger partial charge in [-0.3, -0.25) is 9.59 Å². The molecule has 2 rings (SSSR count). The van der Waals surface area contributed by atoms with E-state index >= 15 is 0 Å². The second kappa shape index (κ2) is 5.12. The van der Waals surface area contributed by atoms with Crippen LogP contribution in [-0.2, 0) is 0 Å². The smallest absolute Gasteiger partial charge is 0.270 e. The Balaban J connectivity index is 2.05. The fourth-order valence-corrected chi connectivity index (χ4v) is 2.20. The van der Waals surface area contributed by atoms with E-state index in [0.29, 0.717) is 5.82 Å². The summed E-state index contributed by atoms with van der Waals surface area (Å²) >= 11 is 0. The highest BCUT2D eigenvalue weighted by molar-refractivity contribution is 5.92. The van der Waals surface area contributed by atoms with Crippen LogP contribution in [0.4, 0.5) is 0 Å². The third-order valence-corrected chi connectivity index (χ3v) is 3.03. The predicted molar refractivity (Wildman–Crippen MR) is 63.9 cm³/mol. The van der Waals surface area contributed by atoms with Crippen molar-refractivity contribution in [2.24, 2.45) is 0 Å². The minimum Gasteiger partial charge on any atom is -0.348 e. The van der Waals surface area contributed by atoms with Gasteiger partial charge in [-0.1, -0.05) is 19.3 Å². The molecule has 1 aromatic heterocycles. The zero-order valence-electron chi connectivity index (χ0n) is 9.95. The van der Waals surface area contributed by atoms with E-state index in [9.17, 15) is 9.59 Å². The van der Waals surface area contributed by atoms with Gasteiger partial charge in [-0.15, -0.1) is 0 Å². The fraction of sp³-hybridized carbons (Fsp3) is 0.583. The van der Waals surface area contributed by atoms with Gasteiger partial charge in [-0.05, 0) is 19.8 Å². The van der Waals surface area contributed by atoms with Gasteiger partial charge in [-0.25, -0.2) is 4.98 Å². The summed E-state index contributed by atoms with van der Waals surface area (Å²) in [5.41, 5.74) is -0.0804. The van der Waals surface area contributed by atoms with Crippen molar-refractivity contribution in [2.75, 3.05) is 0 Å². The van der Waals surface area contributed by atoms with Gasteiger partial charge in [0.1, 0.15) is 11.5 Å². The number of hydrogen-bond acceptors (Lipinski definition) is 3. The van der Waals surface area contributed by atoms with Gasteiger partial charge in [-0.2, -0.15) is 0 Å². The molecule has 1 heterocycles. The predicted octanol–water partition coefficient (Wildman–Crippen LogP) is 1.14. The lowest BCUT2D eigenvalue weighted by molar-refractivity contribution is 0.0922. The Morgan fingerprint density at radius 2 is 2.12 bits per heavy atom. The van der Waals surface area contributed by atoms with Crippen molar-refractivity contribution in [3.63, 3.8) is 0 Å². The Hall–Kier alpha value is -1.65. The molecule has 0 spiro atoms. The summed E-state index contributed by atoms with van der Waals surface area (Å²) in [5, 5.41) is 2.94. The highest BCUT2D eigenvalue weighted by Gasteiger charge is 2.17. The summed E-state index contributed by atoms with van der Waals surface area (Å²) in [4.78, 5) is 29.7. The van der Waals surface area contributed by atoms with E-state index in [2.05, 4.69) is 15.3 Å². The molecule has 0 saturated heterocycles. The Labute approximate surface area is 99.7 Å². The van der Waals surface area contributed by atoms with E-state index in [1.807, 2.05) is 0 Å². The van der Waals surface area contributed by atoms with Crippen LogP contribution in [0.5, 0.6) is 0 Å². The number of H-pyrrole nitrogens is 1. The highest BCUT2D eigenvalue weighted by atomic mass is 16.2. The molecule has 5 heteroatoms. The molecule has 1 amide bonds. The lowest BCUT2D eigenvalue weighted by Gasteiger charge is -2.22. The van der Waals surface area contributed by atoms with Gasteiger partial charge in [0.05, 0.1) is 0 Å².